The largest absolute Gasteiger partial charge is 0.387 e. The molecule has 88 valence electrons. The van der Waals surface area contributed by atoms with E-state index in [1.165, 1.54) is 18.6 Å². The highest BCUT2D eigenvalue weighted by Crippen LogP contribution is 2.25. The SMILES string of the molecule is Cc1cc(F)ccc1C(O)C1CCCCN1. The molecule has 1 aromatic carbocycles. The number of hydrogen-bond donors (Lipinski definition) is 2. The lowest BCUT2D eigenvalue weighted by Crippen LogP contribution is -2.39. The first-order valence-corrected chi connectivity index (χ1v) is 5.86. The zero-order valence-corrected chi connectivity index (χ0v) is 9.54. The third-order valence-electron chi connectivity index (χ3n) is 3.28. The van der Waals surface area contributed by atoms with Crippen LogP contribution in [0.25, 0.3) is 0 Å². The molecular formula is C13H18FNO. The van der Waals surface area contributed by atoms with Gasteiger partial charge in [0, 0.05) is 6.04 Å². The fourth-order valence-corrected chi connectivity index (χ4v) is 2.34. The number of hydrogen-bond acceptors (Lipinski definition) is 2. The first-order valence-electron chi connectivity index (χ1n) is 5.86. The van der Waals surface area contributed by atoms with Gasteiger partial charge >= 0.3 is 0 Å². The second-order valence-corrected chi connectivity index (χ2v) is 4.50. The number of aryl methyl sites for hydroxylation is 1. The van der Waals surface area contributed by atoms with Crippen LogP contribution in [0.3, 0.4) is 0 Å². The van der Waals surface area contributed by atoms with Crippen molar-refractivity contribution in [3.8, 4) is 0 Å². The van der Waals surface area contributed by atoms with Gasteiger partial charge in [0.25, 0.3) is 0 Å². The Morgan fingerprint density at radius 1 is 1.44 bits per heavy atom. The Balaban J connectivity index is 2.15. The van der Waals surface area contributed by atoms with Crippen LogP contribution in [0.2, 0.25) is 0 Å². The van der Waals surface area contributed by atoms with Gasteiger partial charge in [0.1, 0.15) is 5.82 Å². The van der Waals surface area contributed by atoms with Crippen molar-refractivity contribution in [1.29, 1.82) is 0 Å². The average Bonchev–Trinajstić information content (AvgIpc) is 2.29. The summed E-state index contributed by atoms with van der Waals surface area (Å²) in [6, 6.07) is 4.68. The maximum Gasteiger partial charge on any atom is 0.123 e. The summed E-state index contributed by atoms with van der Waals surface area (Å²) in [4.78, 5) is 0. The highest BCUT2D eigenvalue weighted by atomic mass is 19.1. The van der Waals surface area contributed by atoms with Crippen LogP contribution in [0.5, 0.6) is 0 Å². The van der Waals surface area contributed by atoms with Gasteiger partial charge in [-0.05, 0) is 49.6 Å². The molecule has 3 heteroatoms. The Morgan fingerprint density at radius 2 is 2.25 bits per heavy atom. The lowest BCUT2D eigenvalue weighted by atomic mass is 9.92. The maximum atomic E-state index is 13.0. The highest BCUT2D eigenvalue weighted by molar-refractivity contribution is 5.29. The van der Waals surface area contributed by atoms with Crippen LogP contribution in [0.15, 0.2) is 18.2 Å². The van der Waals surface area contributed by atoms with E-state index in [9.17, 15) is 9.50 Å². The first-order chi connectivity index (χ1) is 7.68. The fourth-order valence-electron chi connectivity index (χ4n) is 2.34. The van der Waals surface area contributed by atoms with Crippen molar-refractivity contribution in [2.45, 2.75) is 38.3 Å². The predicted octanol–water partition coefficient (Wildman–Crippen LogP) is 2.31. The lowest BCUT2D eigenvalue weighted by molar-refractivity contribution is 0.113. The minimum Gasteiger partial charge on any atom is -0.387 e. The van der Waals surface area contributed by atoms with Crippen LogP contribution in [0, 0.1) is 12.7 Å². The van der Waals surface area contributed by atoms with E-state index in [1.54, 1.807) is 6.07 Å². The van der Waals surface area contributed by atoms with Gasteiger partial charge in [-0.3, -0.25) is 0 Å². The minimum absolute atomic E-state index is 0.109. The van der Waals surface area contributed by atoms with Gasteiger partial charge in [-0.1, -0.05) is 12.5 Å². The second-order valence-electron chi connectivity index (χ2n) is 4.50. The summed E-state index contributed by atoms with van der Waals surface area (Å²) in [6.45, 7) is 2.80. The van der Waals surface area contributed by atoms with Gasteiger partial charge in [0.05, 0.1) is 6.10 Å². The maximum absolute atomic E-state index is 13.0. The topological polar surface area (TPSA) is 32.3 Å². The molecule has 0 amide bonds. The summed E-state index contributed by atoms with van der Waals surface area (Å²) in [5.74, 6) is -0.245. The van der Waals surface area contributed by atoms with Crippen LogP contribution >= 0.6 is 0 Å². The molecule has 1 aromatic rings. The number of aliphatic hydroxyl groups excluding tert-OH is 1. The molecule has 1 aliphatic rings. The molecule has 1 heterocycles. The van der Waals surface area contributed by atoms with E-state index in [-0.39, 0.29) is 11.9 Å². The molecule has 2 rings (SSSR count). The van der Waals surface area contributed by atoms with E-state index in [4.69, 9.17) is 0 Å². The molecule has 1 saturated heterocycles. The van der Waals surface area contributed by atoms with Gasteiger partial charge in [-0.15, -0.1) is 0 Å². The summed E-state index contributed by atoms with van der Waals surface area (Å²) in [6.07, 6.45) is 2.78. The quantitative estimate of drug-likeness (QED) is 0.806. The number of benzene rings is 1. The first kappa shape index (κ1) is 11.6. The Hall–Kier alpha value is -0.930. The minimum atomic E-state index is -0.527. The number of halogens is 1. The molecule has 2 N–H and O–H groups in total. The van der Waals surface area contributed by atoms with Crippen LogP contribution < -0.4 is 5.32 Å². The van der Waals surface area contributed by atoms with Crippen molar-refractivity contribution < 1.29 is 9.50 Å². The third kappa shape index (κ3) is 2.42. The van der Waals surface area contributed by atoms with Gasteiger partial charge < -0.3 is 10.4 Å². The molecule has 0 saturated carbocycles. The molecule has 1 fully saturated rings. The smallest absolute Gasteiger partial charge is 0.123 e. The van der Waals surface area contributed by atoms with E-state index in [1.807, 2.05) is 6.92 Å². The Kier molecular flexibility index (Phi) is 3.56. The van der Waals surface area contributed by atoms with E-state index in [0.29, 0.717) is 0 Å². The molecular weight excluding hydrogens is 205 g/mol. The van der Waals surface area contributed by atoms with Gasteiger partial charge in [0.15, 0.2) is 0 Å². The predicted molar refractivity (Wildman–Crippen MR) is 61.7 cm³/mol. The van der Waals surface area contributed by atoms with Crippen molar-refractivity contribution in [2.75, 3.05) is 6.54 Å². The number of rotatable bonds is 2. The number of aliphatic hydroxyl groups is 1. The molecule has 2 nitrogen and oxygen atoms in total. The Morgan fingerprint density at radius 3 is 2.88 bits per heavy atom. The molecule has 0 spiro atoms. The summed E-state index contributed by atoms with van der Waals surface area (Å²) in [5.41, 5.74) is 1.65. The van der Waals surface area contributed by atoms with E-state index in [0.717, 1.165) is 30.5 Å². The molecule has 2 unspecified atom stereocenters. The van der Waals surface area contributed by atoms with Gasteiger partial charge in [-0.25, -0.2) is 4.39 Å². The van der Waals surface area contributed by atoms with Crippen molar-refractivity contribution in [3.63, 3.8) is 0 Å². The molecule has 0 aliphatic carbocycles. The van der Waals surface area contributed by atoms with E-state index in [2.05, 4.69) is 5.32 Å². The number of nitrogens with one attached hydrogen (secondary N) is 1. The van der Waals surface area contributed by atoms with Crippen molar-refractivity contribution in [1.82, 2.24) is 5.32 Å². The molecule has 0 bridgehead atoms. The average molecular weight is 223 g/mol. The van der Waals surface area contributed by atoms with Crippen LogP contribution in [0.4, 0.5) is 4.39 Å². The summed E-state index contributed by atoms with van der Waals surface area (Å²) < 4.78 is 13.0. The van der Waals surface area contributed by atoms with E-state index < -0.39 is 6.10 Å². The molecule has 0 aromatic heterocycles. The summed E-state index contributed by atoms with van der Waals surface area (Å²) in [5, 5.41) is 13.5. The Bertz CT molecular complexity index is 361. The van der Waals surface area contributed by atoms with Crippen molar-refractivity contribution >= 4 is 0 Å². The zero-order chi connectivity index (χ0) is 11.5. The molecule has 2 atom stereocenters. The summed E-state index contributed by atoms with van der Waals surface area (Å²) in [7, 11) is 0. The Labute approximate surface area is 95.5 Å². The standard InChI is InChI=1S/C13H18FNO/c1-9-8-10(14)5-6-11(9)13(16)12-4-2-3-7-15-12/h5-6,8,12-13,15-16H,2-4,7H2,1H3. The highest BCUT2D eigenvalue weighted by Gasteiger charge is 2.23. The second kappa shape index (κ2) is 4.93. The number of piperidine rings is 1. The van der Waals surface area contributed by atoms with Crippen LogP contribution in [0.1, 0.15) is 36.5 Å². The monoisotopic (exact) mass is 223 g/mol. The lowest BCUT2D eigenvalue weighted by Gasteiger charge is -2.29. The summed E-state index contributed by atoms with van der Waals surface area (Å²) >= 11 is 0. The zero-order valence-electron chi connectivity index (χ0n) is 9.54. The van der Waals surface area contributed by atoms with E-state index >= 15 is 0 Å². The van der Waals surface area contributed by atoms with Crippen molar-refractivity contribution in [3.05, 3.63) is 35.1 Å². The van der Waals surface area contributed by atoms with Crippen molar-refractivity contribution in [2.24, 2.45) is 0 Å². The van der Waals surface area contributed by atoms with Crippen LogP contribution in [-0.2, 0) is 0 Å². The normalized spacial score (nSPS) is 23.1. The molecule has 16 heavy (non-hydrogen) atoms. The third-order valence-corrected chi connectivity index (χ3v) is 3.28. The van der Waals surface area contributed by atoms with Gasteiger partial charge in [-0.2, -0.15) is 0 Å². The fraction of sp³-hybridized carbons (Fsp3) is 0.538. The van der Waals surface area contributed by atoms with Gasteiger partial charge in [0.2, 0.25) is 0 Å². The molecule has 1 aliphatic heterocycles. The van der Waals surface area contributed by atoms with Crippen LogP contribution in [-0.4, -0.2) is 17.7 Å². The molecule has 0 radical (unpaired) electrons.